The van der Waals surface area contributed by atoms with Gasteiger partial charge in [0.2, 0.25) is 0 Å². The van der Waals surface area contributed by atoms with Gasteiger partial charge < -0.3 is 0 Å². The highest BCUT2D eigenvalue weighted by atomic mass is 35.5. The van der Waals surface area contributed by atoms with Gasteiger partial charge in [-0.3, -0.25) is 4.98 Å². The predicted octanol–water partition coefficient (Wildman–Crippen LogP) is 2.39. The van der Waals surface area contributed by atoms with Crippen molar-refractivity contribution in [2.75, 3.05) is 0 Å². The van der Waals surface area contributed by atoms with Gasteiger partial charge in [0.1, 0.15) is 0 Å². The molecule has 0 fully saturated rings. The van der Waals surface area contributed by atoms with E-state index < -0.39 is 10.7 Å². The van der Waals surface area contributed by atoms with Crippen molar-refractivity contribution in [2.45, 2.75) is 4.90 Å². The fourth-order valence-corrected chi connectivity index (χ4v) is 1.71. The van der Waals surface area contributed by atoms with Crippen molar-refractivity contribution in [1.29, 1.82) is 0 Å². The van der Waals surface area contributed by atoms with Crippen LogP contribution in [0.25, 0.3) is 0 Å². The van der Waals surface area contributed by atoms with E-state index in [0.29, 0.717) is 0 Å². The van der Waals surface area contributed by atoms with Crippen molar-refractivity contribution in [3.63, 3.8) is 0 Å². The van der Waals surface area contributed by atoms with E-state index in [2.05, 4.69) is 4.98 Å². The first-order chi connectivity index (χ1) is 7.72. The summed E-state index contributed by atoms with van der Waals surface area (Å²) in [6.07, 6.45) is 3.50. The molecule has 0 aliphatic carbocycles. The molecule has 0 atom stereocenters. The van der Waals surface area contributed by atoms with Gasteiger partial charge in [0.25, 0.3) is 0 Å². The number of pyridine rings is 1. The van der Waals surface area contributed by atoms with Crippen LogP contribution in [0.5, 0.6) is 0 Å². The molecule has 0 saturated heterocycles. The van der Waals surface area contributed by atoms with Gasteiger partial charge in [0, 0.05) is 12.4 Å². The van der Waals surface area contributed by atoms with Crippen molar-refractivity contribution in [1.82, 2.24) is 4.98 Å². The molecule has 1 heterocycles. The standard InChI is InChI=1S/C6H5ClO2S.C5H5N/c7-5-3-1-2-4-6(5)10(8)9;1-2-4-6-5-3-1/h1-4,10H;1-5H. The molecule has 84 valence electrons. The zero-order chi connectivity index (χ0) is 11.8. The Kier molecular flexibility index (Phi) is 5.53. The molecule has 0 radical (unpaired) electrons. The zero-order valence-electron chi connectivity index (χ0n) is 8.29. The molecular formula is C11H10ClNO2S. The maximum atomic E-state index is 10.4. The molecule has 0 N–H and O–H groups in total. The Labute approximate surface area is 101 Å². The molecule has 0 unspecified atom stereocenters. The molecule has 0 amide bonds. The van der Waals surface area contributed by atoms with Crippen LogP contribution in [-0.4, -0.2) is 13.4 Å². The van der Waals surface area contributed by atoms with E-state index in [0.717, 1.165) is 0 Å². The monoisotopic (exact) mass is 255 g/mol. The normalized spacial score (nSPS) is 9.38. The molecule has 0 bridgehead atoms. The van der Waals surface area contributed by atoms with Crippen LogP contribution in [0, 0.1) is 0 Å². The van der Waals surface area contributed by atoms with E-state index in [1.165, 1.54) is 6.07 Å². The average molecular weight is 256 g/mol. The number of rotatable bonds is 1. The molecule has 2 rings (SSSR count). The Bertz CT molecular complexity index is 466. The summed E-state index contributed by atoms with van der Waals surface area (Å²) in [5.41, 5.74) is 0. The van der Waals surface area contributed by atoms with Gasteiger partial charge in [-0.05, 0) is 24.3 Å². The summed E-state index contributed by atoms with van der Waals surface area (Å²) in [6, 6.07) is 12.0. The van der Waals surface area contributed by atoms with Crippen LogP contribution in [0.1, 0.15) is 0 Å². The van der Waals surface area contributed by atoms with Gasteiger partial charge in [-0.15, -0.1) is 0 Å². The van der Waals surface area contributed by atoms with Crippen LogP contribution < -0.4 is 0 Å². The first-order valence-corrected chi connectivity index (χ1v) is 6.01. The molecule has 5 heteroatoms. The van der Waals surface area contributed by atoms with Gasteiger partial charge in [0.15, 0.2) is 10.7 Å². The molecule has 0 saturated carbocycles. The fourth-order valence-electron chi connectivity index (χ4n) is 0.912. The molecule has 3 nitrogen and oxygen atoms in total. The molecule has 0 aliphatic heterocycles. The second-order valence-electron chi connectivity index (χ2n) is 2.73. The molecule has 1 aromatic carbocycles. The molecule has 1 aromatic heterocycles. The first-order valence-electron chi connectivity index (χ1n) is 4.45. The first kappa shape index (κ1) is 12.7. The van der Waals surface area contributed by atoms with Crippen molar-refractivity contribution in [3.05, 3.63) is 59.9 Å². The second kappa shape index (κ2) is 6.98. The Morgan fingerprint density at radius 3 is 1.88 bits per heavy atom. The smallest absolute Gasteiger partial charge is 0.169 e. The highest BCUT2D eigenvalue weighted by Crippen LogP contribution is 2.15. The average Bonchev–Trinajstić information content (AvgIpc) is 2.32. The van der Waals surface area contributed by atoms with Gasteiger partial charge in [-0.2, -0.15) is 0 Å². The summed E-state index contributed by atoms with van der Waals surface area (Å²) >= 11 is 5.54. The van der Waals surface area contributed by atoms with Gasteiger partial charge in [-0.1, -0.05) is 29.8 Å². The summed E-state index contributed by atoms with van der Waals surface area (Å²) < 4.78 is 20.7. The molecule has 0 spiro atoms. The topological polar surface area (TPSA) is 47.0 Å². The maximum Gasteiger partial charge on any atom is 0.169 e. The van der Waals surface area contributed by atoms with Crippen LogP contribution >= 0.6 is 11.6 Å². The van der Waals surface area contributed by atoms with Crippen molar-refractivity contribution in [3.8, 4) is 0 Å². The lowest BCUT2D eigenvalue weighted by atomic mass is 10.4. The molecule has 16 heavy (non-hydrogen) atoms. The number of benzene rings is 1. The molecule has 0 aliphatic rings. The summed E-state index contributed by atoms with van der Waals surface area (Å²) in [5.74, 6) is 0. The van der Waals surface area contributed by atoms with E-state index in [-0.39, 0.29) is 9.92 Å². The third-order valence-electron chi connectivity index (χ3n) is 1.62. The Hall–Kier alpha value is -1.39. The minimum absolute atomic E-state index is 0.180. The van der Waals surface area contributed by atoms with Crippen LogP contribution in [0.3, 0.4) is 0 Å². The van der Waals surface area contributed by atoms with Gasteiger partial charge in [0.05, 0.1) is 9.92 Å². The van der Waals surface area contributed by atoms with E-state index in [9.17, 15) is 8.42 Å². The summed E-state index contributed by atoms with van der Waals surface area (Å²) in [6.45, 7) is 0. The van der Waals surface area contributed by atoms with Gasteiger partial charge >= 0.3 is 0 Å². The van der Waals surface area contributed by atoms with Crippen molar-refractivity contribution >= 4 is 22.3 Å². The zero-order valence-corrected chi connectivity index (χ0v) is 9.94. The van der Waals surface area contributed by atoms with Crippen LogP contribution in [0.2, 0.25) is 5.02 Å². The SMILES string of the molecule is O=[SH](=O)c1ccccc1Cl.c1ccncc1. The minimum Gasteiger partial charge on any atom is -0.265 e. The highest BCUT2D eigenvalue weighted by Gasteiger charge is 1.97. The highest BCUT2D eigenvalue weighted by molar-refractivity contribution is 7.72. The van der Waals surface area contributed by atoms with E-state index in [1.807, 2.05) is 18.2 Å². The number of nitrogens with zero attached hydrogens (tertiary/aromatic N) is 1. The van der Waals surface area contributed by atoms with Crippen LogP contribution in [0.15, 0.2) is 59.8 Å². The largest absolute Gasteiger partial charge is 0.265 e. The lowest BCUT2D eigenvalue weighted by molar-refractivity contribution is 0.614. The number of aromatic nitrogens is 1. The predicted molar refractivity (Wildman–Crippen MR) is 64.3 cm³/mol. The maximum absolute atomic E-state index is 10.4. The number of hydrogen-bond donors (Lipinski definition) is 1. The third-order valence-corrected chi connectivity index (χ3v) is 2.86. The number of hydrogen-bond acceptors (Lipinski definition) is 3. The summed E-state index contributed by atoms with van der Waals surface area (Å²) in [7, 11) is -2.55. The van der Waals surface area contributed by atoms with Gasteiger partial charge in [-0.25, -0.2) is 8.42 Å². The lowest BCUT2D eigenvalue weighted by Crippen LogP contribution is -1.79. The van der Waals surface area contributed by atoms with Crippen LogP contribution in [-0.2, 0) is 10.7 Å². The summed E-state index contributed by atoms with van der Waals surface area (Å²) in [4.78, 5) is 3.96. The molecule has 2 aromatic rings. The number of thiol groups is 1. The van der Waals surface area contributed by atoms with E-state index in [1.54, 1.807) is 30.6 Å². The van der Waals surface area contributed by atoms with Crippen molar-refractivity contribution < 1.29 is 8.42 Å². The summed E-state index contributed by atoms with van der Waals surface area (Å²) in [5, 5.41) is 0.276. The van der Waals surface area contributed by atoms with Crippen molar-refractivity contribution in [2.24, 2.45) is 0 Å². The minimum atomic E-state index is -2.55. The van der Waals surface area contributed by atoms with Crippen LogP contribution in [0.4, 0.5) is 0 Å². The lowest BCUT2D eigenvalue weighted by Gasteiger charge is -1.91. The Morgan fingerprint density at radius 1 is 0.938 bits per heavy atom. The fraction of sp³-hybridized carbons (Fsp3) is 0. The third kappa shape index (κ3) is 4.42. The number of halogens is 1. The Morgan fingerprint density at radius 2 is 1.56 bits per heavy atom. The quantitative estimate of drug-likeness (QED) is 0.796. The van der Waals surface area contributed by atoms with E-state index >= 15 is 0 Å². The second-order valence-corrected chi connectivity index (χ2v) is 4.14. The molecular weight excluding hydrogens is 246 g/mol. The Balaban J connectivity index is 0.000000181. The van der Waals surface area contributed by atoms with E-state index in [4.69, 9.17) is 11.6 Å².